The molecule has 0 atom stereocenters. The van der Waals surface area contributed by atoms with Crippen LogP contribution in [0.5, 0.6) is 0 Å². The fourth-order valence-corrected chi connectivity index (χ4v) is 5.12. The Hall–Kier alpha value is -3.41. The van der Waals surface area contributed by atoms with E-state index in [1.807, 2.05) is 53.6 Å². The molecular weight excluding hydrogens is 513 g/mol. The van der Waals surface area contributed by atoms with Crippen LogP contribution >= 0.6 is 0 Å². The van der Waals surface area contributed by atoms with E-state index in [1.54, 1.807) is 17.0 Å². The van der Waals surface area contributed by atoms with Crippen molar-refractivity contribution in [1.82, 2.24) is 14.4 Å². The molecule has 5 nitrogen and oxygen atoms in total. The van der Waals surface area contributed by atoms with Crippen molar-refractivity contribution in [3.05, 3.63) is 95.6 Å². The largest absolute Gasteiger partial charge is 0.345 e. The molecule has 0 aliphatic heterocycles. The standard InChI is InChI=1S/C35H48FN3O2/c1-4-5-6-7-8-9-13-18-34(40)38(24-29(2)3)28-35(41)39(26-30-15-11-10-12-16-30)27-33-17-14-23-37(33)25-31-19-21-32(36)22-20-31/h10-12,14-17,19-23,29H,4-9,13,18,24-28H2,1-3H3. The summed E-state index contributed by atoms with van der Waals surface area (Å²) in [5, 5.41) is 0. The van der Waals surface area contributed by atoms with Gasteiger partial charge in [0, 0.05) is 37.9 Å². The molecule has 0 N–H and O–H groups in total. The molecule has 2 amide bonds. The molecule has 0 saturated heterocycles. The van der Waals surface area contributed by atoms with Crippen molar-refractivity contribution in [3.8, 4) is 0 Å². The lowest BCUT2D eigenvalue weighted by molar-refractivity contribution is -0.141. The number of amides is 2. The lowest BCUT2D eigenvalue weighted by Crippen LogP contribution is -2.44. The Morgan fingerprint density at radius 2 is 1.44 bits per heavy atom. The second-order valence-corrected chi connectivity index (χ2v) is 11.5. The summed E-state index contributed by atoms with van der Waals surface area (Å²) in [6, 6.07) is 20.5. The Labute approximate surface area is 246 Å². The topological polar surface area (TPSA) is 45.6 Å². The van der Waals surface area contributed by atoms with E-state index in [9.17, 15) is 14.0 Å². The first-order chi connectivity index (χ1) is 19.9. The third kappa shape index (κ3) is 11.5. The Balaban J connectivity index is 1.69. The maximum absolute atomic E-state index is 13.8. The minimum Gasteiger partial charge on any atom is -0.345 e. The van der Waals surface area contributed by atoms with Gasteiger partial charge in [-0.2, -0.15) is 0 Å². The maximum Gasteiger partial charge on any atom is 0.242 e. The first-order valence-electron chi connectivity index (χ1n) is 15.3. The molecular formula is C35H48FN3O2. The van der Waals surface area contributed by atoms with Crippen LogP contribution in [0.2, 0.25) is 0 Å². The Morgan fingerprint density at radius 1 is 0.756 bits per heavy atom. The van der Waals surface area contributed by atoms with Crippen LogP contribution in [0.3, 0.4) is 0 Å². The average molecular weight is 562 g/mol. The van der Waals surface area contributed by atoms with Gasteiger partial charge in [0.25, 0.3) is 0 Å². The van der Waals surface area contributed by atoms with Gasteiger partial charge in [-0.25, -0.2) is 4.39 Å². The van der Waals surface area contributed by atoms with Gasteiger partial charge in [-0.1, -0.05) is 102 Å². The predicted molar refractivity (Wildman–Crippen MR) is 165 cm³/mol. The molecule has 0 spiro atoms. The molecule has 3 aromatic rings. The zero-order valence-corrected chi connectivity index (χ0v) is 25.2. The van der Waals surface area contributed by atoms with E-state index in [2.05, 4.69) is 25.3 Å². The van der Waals surface area contributed by atoms with E-state index in [0.717, 1.165) is 29.7 Å². The van der Waals surface area contributed by atoms with Crippen molar-refractivity contribution in [2.45, 2.75) is 91.8 Å². The molecule has 0 aliphatic rings. The number of hydrogen-bond acceptors (Lipinski definition) is 2. The quantitative estimate of drug-likeness (QED) is 0.149. The van der Waals surface area contributed by atoms with Crippen LogP contribution in [0.4, 0.5) is 4.39 Å². The smallest absolute Gasteiger partial charge is 0.242 e. The van der Waals surface area contributed by atoms with E-state index in [-0.39, 0.29) is 30.1 Å². The summed E-state index contributed by atoms with van der Waals surface area (Å²) in [6.45, 7) is 8.51. The first-order valence-corrected chi connectivity index (χ1v) is 15.3. The molecule has 0 bridgehead atoms. The monoisotopic (exact) mass is 561 g/mol. The van der Waals surface area contributed by atoms with Gasteiger partial charge in [0.1, 0.15) is 5.82 Å². The lowest BCUT2D eigenvalue weighted by Gasteiger charge is -2.29. The Kier molecular flexibility index (Phi) is 13.6. The second kappa shape index (κ2) is 17.4. The third-order valence-corrected chi connectivity index (χ3v) is 7.37. The third-order valence-electron chi connectivity index (χ3n) is 7.37. The molecule has 0 unspecified atom stereocenters. The molecule has 6 heteroatoms. The summed E-state index contributed by atoms with van der Waals surface area (Å²) < 4.78 is 15.5. The van der Waals surface area contributed by atoms with E-state index in [0.29, 0.717) is 32.6 Å². The summed E-state index contributed by atoms with van der Waals surface area (Å²) >= 11 is 0. The summed E-state index contributed by atoms with van der Waals surface area (Å²) in [5.41, 5.74) is 3.02. The van der Waals surface area contributed by atoms with Crippen molar-refractivity contribution in [1.29, 1.82) is 0 Å². The molecule has 1 aromatic heterocycles. The highest BCUT2D eigenvalue weighted by molar-refractivity contribution is 5.84. The normalized spacial score (nSPS) is 11.1. The Morgan fingerprint density at radius 3 is 2.12 bits per heavy atom. The summed E-state index contributed by atoms with van der Waals surface area (Å²) in [5.74, 6) is 0.0294. The number of carbonyl (C=O) groups excluding carboxylic acids is 2. The zero-order valence-electron chi connectivity index (χ0n) is 25.2. The molecule has 222 valence electrons. The fraction of sp³-hybridized carbons (Fsp3) is 0.486. The van der Waals surface area contributed by atoms with Gasteiger partial charge in [0.2, 0.25) is 11.8 Å². The van der Waals surface area contributed by atoms with Gasteiger partial charge in [0.15, 0.2) is 0 Å². The van der Waals surface area contributed by atoms with Crippen molar-refractivity contribution < 1.29 is 14.0 Å². The van der Waals surface area contributed by atoms with Crippen LogP contribution < -0.4 is 0 Å². The maximum atomic E-state index is 13.8. The Bertz CT molecular complexity index is 1170. The van der Waals surface area contributed by atoms with Crippen LogP contribution in [-0.4, -0.2) is 39.3 Å². The van der Waals surface area contributed by atoms with Crippen LogP contribution in [0.15, 0.2) is 72.9 Å². The van der Waals surface area contributed by atoms with Crippen LogP contribution in [0.25, 0.3) is 0 Å². The number of rotatable bonds is 18. The van der Waals surface area contributed by atoms with Crippen LogP contribution in [0.1, 0.15) is 89.0 Å². The lowest BCUT2D eigenvalue weighted by atomic mass is 10.1. The van der Waals surface area contributed by atoms with E-state index >= 15 is 0 Å². The van der Waals surface area contributed by atoms with E-state index < -0.39 is 0 Å². The molecule has 0 radical (unpaired) electrons. The summed E-state index contributed by atoms with van der Waals surface area (Å²) in [6.07, 6.45) is 10.6. The molecule has 3 rings (SSSR count). The number of aromatic nitrogens is 1. The molecule has 0 fully saturated rings. The number of unbranched alkanes of at least 4 members (excludes halogenated alkanes) is 6. The highest BCUT2D eigenvalue weighted by Crippen LogP contribution is 2.16. The van der Waals surface area contributed by atoms with E-state index in [1.165, 1.54) is 44.2 Å². The van der Waals surface area contributed by atoms with Crippen LogP contribution in [-0.2, 0) is 29.2 Å². The number of hydrogen-bond donors (Lipinski definition) is 0. The van der Waals surface area contributed by atoms with Gasteiger partial charge < -0.3 is 14.4 Å². The van der Waals surface area contributed by atoms with Crippen molar-refractivity contribution in [3.63, 3.8) is 0 Å². The number of carbonyl (C=O) groups is 2. The number of benzene rings is 2. The molecule has 2 aromatic carbocycles. The molecule has 1 heterocycles. The molecule has 0 aliphatic carbocycles. The highest BCUT2D eigenvalue weighted by Gasteiger charge is 2.23. The van der Waals surface area contributed by atoms with Gasteiger partial charge in [-0.15, -0.1) is 0 Å². The minimum absolute atomic E-state index is 0.0584. The van der Waals surface area contributed by atoms with Gasteiger partial charge in [-0.3, -0.25) is 9.59 Å². The van der Waals surface area contributed by atoms with E-state index in [4.69, 9.17) is 0 Å². The number of nitrogens with zero attached hydrogens (tertiary/aromatic N) is 3. The fourth-order valence-electron chi connectivity index (χ4n) is 5.12. The molecule has 0 saturated carbocycles. The number of halogens is 1. The average Bonchev–Trinajstić information content (AvgIpc) is 3.39. The van der Waals surface area contributed by atoms with Gasteiger partial charge in [-0.05, 0) is 47.7 Å². The van der Waals surface area contributed by atoms with Crippen molar-refractivity contribution in [2.24, 2.45) is 5.92 Å². The highest BCUT2D eigenvalue weighted by atomic mass is 19.1. The predicted octanol–water partition coefficient (Wildman–Crippen LogP) is 7.83. The minimum atomic E-state index is -0.256. The van der Waals surface area contributed by atoms with Crippen molar-refractivity contribution in [2.75, 3.05) is 13.1 Å². The summed E-state index contributed by atoms with van der Waals surface area (Å²) in [7, 11) is 0. The van der Waals surface area contributed by atoms with Crippen LogP contribution in [0, 0.1) is 11.7 Å². The second-order valence-electron chi connectivity index (χ2n) is 11.5. The summed E-state index contributed by atoms with van der Waals surface area (Å²) in [4.78, 5) is 30.7. The first kappa shape index (κ1) is 32.1. The van der Waals surface area contributed by atoms with Gasteiger partial charge in [0.05, 0.1) is 13.1 Å². The van der Waals surface area contributed by atoms with Gasteiger partial charge >= 0.3 is 0 Å². The molecule has 41 heavy (non-hydrogen) atoms. The zero-order chi connectivity index (χ0) is 29.5. The SMILES string of the molecule is CCCCCCCCCC(=O)N(CC(=O)N(Cc1ccccc1)Cc1cccn1Cc1ccc(F)cc1)CC(C)C. The van der Waals surface area contributed by atoms with Crippen molar-refractivity contribution >= 4 is 11.8 Å².